The largest absolute Gasteiger partial charge is 0.748 e. The molecule has 174 valence electrons. The second-order valence-corrected chi connectivity index (χ2v) is 11.4. The van der Waals surface area contributed by atoms with Gasteiger partial charge < -0.3 is 9.04 Å². The lowest BCUT2D eigenvalue weighted by molar-refractivity contribution is -0.909. The molecule has 1 fully saturated rings. The fourth-order valence-corrected chi connectivity index (χ4v) is 5.63. The van der Waals surface area contributed by atoms with Gasteiger partial charge in [0.15, 0.2) is 0 Å². The summed E-state index contributed by atoms with van der Waals surface area (Å²) in [7, 11) is -1.94. The van der Waals surface area contributed by atoms with E-state index >= 15 is 0 Å². The van der Waals surface area contributed by atoms with Crippen molar-refractivity contribution in [2.75, 3.05) is 26.7 Å². The van der Waals surface area contributed by atoms with Crippen LogP contribution in [-0.2, 0) is 10.1 Å². The van der Waals surface area contributed by atoms with Crippen molar-refractivity contribution in [3.8, 4) is 0 Å². The Hall–Kier alpha value is -0.130. The standard InChI is InChI=1S/C24H49NO3S/c1-3-4-5-6-7-8-9-10-11-12-13-16-19-24(29(26,27)28)20-23-25(2)21-17-14-15-18-22-25/h24H,3-23H2,1-2H3. The Bertz CT molecular complexity index is 484. The number of nitrogens with zero attached hydrogens (tertiary/aromatic N) is 1. The monoisotopic (exact) mass is 431 g/mol. The van der Waals surface area contributed by atoms with Gasteiger partial charge in [-0.1, -0.05) is 84.0 Å². The first kappa shape index (κ1) is 26.9. The summed E-state index contributed by atoms with van der Waals surface area (Å²) in [5.74, 6) is 0. The van der Waals surface area contributed by atoms with Crippen LogP contribution in [0, 0.1) is 0 Å². The lowest BCUT2D eigenvalue weighted by Crippen LogP contribution is -2.46. The molecule has 0 spiro atoms. The maximum absolute atomic E-state index is 11.7. The van der Waals surface area contributed by atoms with E-state index in [0.29, 0.717) is 12.8 Å². The smallest absolute Gasteiger partial charge is 0.0977 e. The maximum atomic E-state index is 11.7. The van der Waals surface area contributed by atoms with Crippen LogP contribution in [0.4, 0.5) is 0 Å². The van der Waals surface area contributed by atoms with Gasteiger partial charge >= 0.3 is 0 Å². The lowest BCUT2D eigenvalue weighted by atomic mass is 10.0. The van der Waals surface area contributed by atoms with E-state index in [4.69, 9.17) is 0 Å². The summed E-state index contributed by atoms with van der Waals surface area (Å²) in [5, 5.41) is -0.677. The molecule has 0 saturated carbocycles. The average molecular weight is 432 g/mol. The van der Waals surface area contributed by atoms with Gasteiger partial charge in [-0.05, 0) is 32.1 Å². The second kappa shape index (κ2) is 15.6. The first-order valence-corrected chi connectivity index (χ1v) is 14.1. The molecule has 0 N–H and O–H groups in total. The molecule has 1 aliphatic rings. The van der Waals surface area contributed by atoms with Crippen molar-refractivity contribution in [1.82, 2.24) is 0 Å². The van der Waals surface area contributed by atoms with E-state index in [-0.39, 0.29) is 0 Å². The van der Waals surface area contributed by atoms with Gasteiger partial charge in [0.05, 0.1) is 42.1 Å². The minimum atomic E-state index is -4.18. The molecule has 0 aromatic heterocycles. The van der Waals surface area contributed by atoms with E-state index in [9.17, 15) is 13.0 Å². The molecule has 0 amide bonds. The molecule has 1 aliphatic heterocycles. The van der Waals surface area contributed by atoms with E-state index in [1.165, 1.54) is 89.9 Å². The fourth-order valence-electron chi connectivity index (χ4n) is 4.78. The Morgan fingerprint density at radius 3 is 1.62 bits per heavy atom. The van der Waals surface area contributed by atoms with E-state index < -0.39 is 15.4 Å². The third-order valence-corrected chi connectivity index (χ3v) is 8.21. The van der Waals surface area contributed by atoms with Crippen LogP contribution >= 0.6 is 0 Å². The predicted molar refractivity (Wildman–Crippen MR) is 123 cm³/mol. The van der Waals surface area contributed by atoms with Crippen molar-refractivity contribution in [3.63, 3.8) is 0 Å². The zero-order valence-corrected chi connectivity index (χ0v) is 20.3. The van der Waals surface area contributed by atoms with Crippen LogP contribution in [-0.4, -0.2) is 49.4 Å². The summed E-state index contributed by atoms with van der Waals surface area (Å²) in [5.41, 5.74) is 0. The fraction of sp³-hybridized carbons (Fsp3) is 1.00. The van der Waals surface area contributed by atoms with Gasteiger partial charge in [-0.3, -0.25) is 0 Å². The molecular weight excluding hydrogens is 382 g/mol. The van der Waals surface area contributed by atoms with Gasteiger partial charge in [-0.15, -0.1) is 0 Å². The number of hydrogen-bond donors (Lipinski definition) is 0. The van der Waals surface area contributed by atoms with Crippen molar-refractivity contribution in [3.05, 3.63) is 0 Å². The topological polar surface area (TPSA) is 57.2 Å². The summed E-state index contributed by atoms with van der Waals surface area (Å²) >= 11 is 0. The first-order valence-electron chi connectivity index (χ1n) is 12.7. The van der Waals surface area contributed by atoms with Crippen LogP contribution in [0.15, 0.2) is 0 Å². The highest BCUT2D eigenvalue weighted by Gasteiger charge is 2.26. The molecule has 4 nitrogen and oxygen atoms in total. The molecule has 0 aliphatic carbocycles. The van der Waals surface area contributed by atoms with E-state index in [1.807, 2.05) is 0 Å². The van der Waals surface area contributed by atoms with Crippen molar-refractivity contribution < 1.29 is 17.5 Å². The Kier molecular flexibility index (Phi) is 14.5. The van der Waals surface area contributed by atoms with Gasteiger partial charge in [0.25, 0.3) is 0 Å². The molecule has 1 saturated heterocycles. The van der Waals surface area contributed by atoms with Crippen LogP contribution in [0.2, 0.25) is 0 Å². The van der Waals surface area contributed by atoms with Crippen molar-refractivity contribution in [2.24, 2.45) is 0 Å². The van der Waals surface area contributed by atoms with Crippen LogP contribution in [0.3, 0.4) is 0 Å². The summed E-state index contributed by atoms with van der Waals surface area (Å²) in [6.45, 7) is 5.35. The van der Waals surface area contributed by atoms with Gasteiger partial charge in [-0.2, -0.15) is 0 Å². The first-order chi connectivity index (χ1) is 13.9. The van der Waals surface area contributed by atoms with Gasteiger partial charge in [-0.25, -0.2) is 8.42 Å². The van der Waals surface area contributed by atoms with Gasteiger partial charge in [0, 0.05) is 6.42 Å². The minimum absolute atomic E-state index is 0.542. The Labute approximate surface area is 182 Å². The number of likely N-dealkylation sites (tertiary alicyclic amines) is 1. The summed E-state index contributed by atoms with van der Waals surface area (Å²) < 4.78 is 36.2. The second-order valence-electron chi connectivity index (χ2n) is 9.79. The number of quaternary nitrogens is 1. The van der Waals surface area contributed by atoms with Crippen LogP contribution in [0.1, 0.15) is 122 Å². The van der Waals surface area contributed by atoms with Gasteiger partial charge in [0.2, 0.25) is 0 Å². The Morgan fingerprint density at radius 1 is 0.724 bits per heavy atom. The van der Waals surface area contributed by atoms with Crippen molar-refractivity contribution >= 4 is 10.1 Å². The normalized spacial score (nSPS) is 18.4. The van der Waals surface area contributed by atoms with E-state index in [0.717, 1.165) is 37.0 Å². The van der Waals surface area contributed by atoms with Crippen molar-refractivity contribution in [1.29, 1.82) is 0 Å². The minimum Gasteiger partial charge on any atom is -0.748 e. The SMILES string of the molecule is CCCCCCCCCCCCCCC(CC[N+]1(C)CCCCCC1)S(=O)(=O)[O-]. The molecule has 0 bridgehead atoms. The summed E-state index contributed by atoms with van der Waals surface area (Å²) in [4.78, 5) is 0. The number of hydrogen-bond acceptors (Lipinski definition) is 3. The summed E-state index contributed by atoms with van der Waals surface area (Å²) in [6, 6.07) is 0. The average Bonchev–Trinajstić information content (AvgIpc) is 2.88. The number of rotatable bonds is 17. The molecule has 0 aromatic carbocycles. The molecule has 0 aromatic rings. The summed E-state index contributed by atoms with van der Waals surface area (Å²) in [6.07, 6.45) is 21.3. The lowest BCUT2D eigenvalue weighted by Gasteiger charge is -2.35. The van der Waals surface area contributed by atoms with Crippen LogP contribution in [0.5, 0.6) is 0 Å². The third kappa shape index (κ3) is 13.7. The molecule has 5 heteroatoms. The number of unbranched alkanes of at least 4 members (excludes halogenated alkanes) is 11. The van der Waals surface area contributed by atoms with Gasteiger partial charge in [0.1, 0.15) is 0 Å². The molecular formula is C24H49NO3S. The Morgan fingerprint density at radius 2 is 1.17 bits per heavy atom. The molecule has 1 heterocycles. The highest BCUT2D eigenvalue weighted by molar-refractivity contribution is 7.86. The maximum Gasteiger partial charge on any atom is 0.0977 e. The predicted octanol–water partition coefficient (Wildman–Crippen LogP) is 6.40. The quantitative estimate of drug-likeness (QED) is 0.152. The van der Waals surface area contributed by atoms with Crippen LogP contribution < -0.4 is 0 Å². The molecule has 0 radical (unpaired) electrons. The highest BCUT2D eigenvalue weighted by atomic mass is 32.2. The zero-order valence-electron chi connectivity index (χ0n) is 19.5. The zero-order chi connectivity index (χ0) is 21.4. The van der Waals surface area contributed by atoms with Crippen LogP contribution in [0.25, 0.3) is 0 Å². The highest BCUT2D eigenvalue weighted by Crippen LogP contribution is 2.21. The molecule has 29 heavy (non-hydrogen) atoms. The third-order valence-electron chi connectivity index (χ3n) is 6.92. The van der Waals surface area contributed by atoms with E-state index in [2.05, 4.69) is 14.0 Å². The van der Waals surface area contributed by atoms with E-state index in [1.54, 1.807) is 0 Å². The molecule has 1 unspecified atom stereocenters. The van der Waals surface area contributed by atoms with Crippen molar-refractivity contribution in [2.45, 2.75) is 128 Å². The Balaban J connectivity index is 2.13. The molecule has 1 rings (SSSR count). The molecule has 1 atom stereocenters.